The molecule has 0 atom stereocenters. The quantitative estimate of drug-likeness (QED) is 0.658. The molecule has 0 aromatic heterocycles. The molecule has 0 unspecified atom stereocenters. The van der Waals surface area contributed by atoms with E-state index in [1.165, 1.54) is 22.3 Å². The maximum absolute atomic E-state index is 10.3. The second kappa shape index (κ2) is 7.96. The Morgan fingerprint density at radius 3 is 1.94 bits per heavy atom. The Morgan fingerprint density at radius 2 is 1.38 bits per heavy atom. The maximum atomic E-state index is 10.3. The first-order valence-corrected chi connectivity index (χ1v) is 12.3. The van der Waals surface area contributed by atoms with Crippen molar-refractivity contribution in [2.75, 3.05) is 6.51 Å². The normalized spacial score (nSPS) is 20.3. The van der Waals surface area contributed by atoms with Crippen LogP contribution in [-0.4, -0.2) is 48.4 Å². The Bertz CT molecular complexity index is 1080. The van der Waals surface area contributed by atoms with E-state index in [1.54, 1.807) is 13.8 Å². The molecule has 1 fully saturated rings. The summed E-state index contributed by atoms with van der Waals surface area (Å²) >= 11 is 0. The van der Waals surface area contributed by atoms with E-state index < -0.39 is 11.2 Å². The summed E-state index contributed by atoms with van der Waals surface area (Å²) in [6.45, 7) is 20.7. The van der Waals surface area contributed by atoms with Crippen LogP contribution in [0.25, 0.3) is 11.1 Å². The molecule has 6 heteroatoms. The van der Waals surface area contributed by atoms with Crippen molar-refractivity contribution in [3.63, 3.8) is 0 Å². The fraction of sp³-hybridized carbons (Fsp3) is 0.571. The minimum Gasteiger partial charge on any atom is -0.399 e. The van der Waals surface area contributed by atoms with Crippen molar-refractivity contribution in [3.05, 3.63) is 47.5 Å². The molecule has 2 aromatic carbocycles. The van der Waals surface area contributed by atoms with Crippen molar-refractivity contribution >= 4 is 25.3 Å². The van der Waals surface area contributed by atoms with Crippen molar-refractivity contribution in [3.8, 4) is 11.1 Å². The number of aliphatic hydroxyl groups is 1. The number of hydrogen-bond donors (Lipinski definition) is 1. The van der Waals surface area contributed by atoms with E-state index in [0.717, 1.165) is 10.9 Å². The third kappa shape index (κ3) is 4.17. The zero-order valence-electron chi connectivity index (χ0n) is 22.5. The summed E-state index contributed by atoms with van der Waals surface area (Å²) in [4.78, 5) is 0. The molecule has 1 aliphatic carbocycles. The van der Waals surface area contributed by atoms with Gasteiger partial charge >= 0.3 is 7.12 Å². The topological polar surface area (TPSA) is 47.9 Å². The Balaban J connectivity index is 1.56. The van der Waals surface area contributed by atoms with Gasteiger partial charge in [-0.25, -0.2) is 0 Å². The first-order valence-electron chi connectivity index (χ1n) is 12.3. The zero-order chi connectivity index (χ0) is 25.3. The molecule has 0 saturated carbocycles. The van der Waals surface area contributed by atoms with Crippen molar-refractivity contribution in [1.29, 1.82) is 0 Å². The van der Waals surface area contributed by atoms with E-state index >= 15 is 0 Å². The van der Waals surface area contributed by atoms with Gasteiger partial charge in [0.15, 0.2) is 7.28 Å². The highest BCUT2D eigenvalue weighted by Gasteiger charge is 2.52. The summed E-state index contributed by atoms with van der Waals surface area (Å²) in [5, 5.41) is 10.3. The molecule has 2 aliphatic rings. The van der Waals surface area contributed by atoms with Gasteiger partial charge in [-0.3, -0.25) is 0 Å². The van der Waals surface area contributed by atoms with Crippen LogP contribution in [0.4, 0.5) is 0 Å². The fourth-order valence-corrected chi connectivity index (χ4v) is 4.55. The molecular weight excluding hydrogens is 422 g/mol. The van der Waals surface area contributed by atoms with Gasteiger partial charge in [0, 0.05) is 11.9 Å². The minimum atomic E-state index is -0.919. The molecule has 1 heterocycles. The Hall–Kier alpha value is -1.59. The minimum absolute atomic E-state index is 0.138. The number of rotatable bonds is 6. The van der Waals surface area contributed by atoms with Gasteiger partial charge in [-0.15, -0.1) is 0 Å². The van der Waals surface area contributed by atoms with E-state index in [-0.39, 0.29) is 23.7 Å². The van der Waals surface area contributed by atoms with E-state index in [1.807, 2.05) is 13.8 Å². The zero-order valence-corrected chi connectivity index (χ0v) is 22.5. The Kier molecular flexibility index (Phi) is 5.97. The monoisotopic (exact) mass is 461 g/mol. The SMILES string of the molecule is CC1(C)c2cc([B]COC(C)(C)C(C)(C)O)ccc2-c2ccc(B3OC(C)(C)C(C)(C)O3)cc21. The molecule has 181 valence electrons. The third-order valence-corrected chi connectivity index (χ3v) is 8.49. The molecule has 1 aliphatic heterocycles. The second-order valence-corrected chi connectivity index (χ2v) is 12.4. The lowest BCUT2D eigenvalue weighted by atomic mass is 9.69. The predicted molar refractivity (Wildman–Crippen MR) is 141 cm³/mol. The third-order valence-electron chi connectivity index (χ3n) is 8.49. The van der Waals surface area contributed by atoms with E-state index in [9.17, 15) is 5.11 Å². The van der Waals surface area contributed by atoms with E-state index in [0.29, 0.717) is 6.51 Å². The molecule has 0 spiro atoms. The second-order valence-electron chi connectivity index (χ2n) is 12.4. The van der Waals surface area contributed by atoms with Crippen LogP contribution in [-0.2, 0) is 19.5 Å². The van der Waals surface area contributed by atoms with Gasteiger partial charge in [0.05, 0.1) is 22.4 Å². The highest BCUT2D eigenvalue weighted by Crippen LogP contribution is 2.48. The average molecular weight is 461 g/mol. The van der Waals surface area contributed by atoms with Crippen LogP contribution in [0.1, 0.15) is 80.4 Å². The van der Waals surface area contributed by atoms with Gasteiger partial charge in [-0.1, -0.05) is 55.7 Å². The lowest BCUT2D eigenvalue weighted by molar-refractivity contribution is -0.135. The molecule has 1 saturated heterocycles. The van der Waals surface area contributed by atoms with Crippen LogP contribution in [0.2, 0.25) is 0 Å². The summed E-state index contributed by atoms with van der Waals surface area (Å²) < 4.78 is 18.6. The van der Waals surface area contributed by atoms with Crippen LogP contribution >= 0.6 is 0 Å². The number of hydrogen-bond acceptors (Lipinski definition) is 4. The van der Waals surface area contributed by atoms with Crippen molar-refractivity contribution in [2.24, 2.45) is 0 Å². The molecule has 2 aromatic rings. The van der Waals surface area contributed by atoms with Crippen molar-refractivity contribution in [1.82, 2.24) is 0 Å². The van der Waals surface area contributed by atoms with Gasteiger partial charge < -0.3 is 19.2 Å². The van der Waals surface area contributed by atoms with Gasteiger partial charge in [0.1, 0.15) is 0 Å². The molecule has 1 N–H and O–H groups in total. The van der Waals surface area contributed by atoms with Gasteiger partial charge in [-0.05, 0) is 83.1 Å². The number of fused-ring (bicyclic) bond motifs is 3. The molecular formula is C28H39B2O4. The van der Waals surface area contributed by atoms with Crippen molar-refractivity contribution in [2.45, 2.75) is 97.1 Å². The average Bonchev–Trinajstić information content (AvgIpc) is 3.06. The van der Waals surface area contributed by atoms with Crippen molar-refractivity contribution < 1.29 is 19.2 Å². The van der Waals surface area contributed by atoms with E-state index in [4.69, 9.17) is 14.0 Å². The highest BCUT2D eigenvalue weighted by atomic mass is 16.7. The number of benzene rings is 2. The number of ether oxygens (including phenoxy) is 1. The summed E-state index contributed by atoms with van der Waals surface area (Å²) in [7, 11) is 1.72. The van der Waals surface area contributed by atoms with Gasteiger partial charge in [0.2, 0.25) is 0 Å². The maximum Gasteiger partial charge on any atom is 0.494 e. The smallest absolute Gasteiger partial charge is 0.399 e. The molecule has 4 nitrogen and oxygen atoms in total. The van der Waals surface area contributed by atoms with Crippen LogP contribution in [0.5, 0.6) is 0 Å². The summed E-state index contributed by atoms with van der Waals surface area (Å²) in [6.07, 6.45) is 0. The summed E-state index contributed by atoms with van der Waals surface area (Å²) in [5.41, 5.74) is 4.92. The standard InChI is InChI=1S/C28H39B2O4/c1-24(2)22-15-18(29-17-32-26(5,6)25(3,4)31)11-13-20(22)21-14-12-19(16-23(21)24)30-33-27(7,8)28(9,10)34-30/h11-16,31H,17H2,1-10H3. The van der Waals surface area contributed by atoms with Crippen LogP contribution in [0.15, 0.2) is 36.4 Å². The van der Waals surface area contributed by atoms with E-state index in [2.05, 4.69) is 85.2 Å². The first-order chi connectivity index (χ1) is 15.5. The lowest BCUT2D eigenvalue weighted by Gasteiger charge is -2.37. The van der Waals surface area contributed by atoms with Crippen LogP contribution < -0.4 is 10.9 Å². The Morgan fingerprint density at radius 1 is 0.853 bits per heavy atom. The van der Waals surface area contributed by atoms with Gasteiger partial charge in [-0.2, -0.15) is 0 Å². The first kappa shape index (κ1) is 25.5. The summed E-state index contributed by atoms with van der Waals surface area (Å²) in [5.74, 6) is 0. The molecule has 4 rings (SSSR count). The predicted octanol–water partition coefficient (Wildman–Crippen LogP) is 4.15. The van der Waals surface area contributed by atoms with Gasteiger partial charge in [0.25, 0.3) is 0 Å². The molecule has 1 radical (unpaired) electrons. The molecule has 0 amide bonds. The fourth-order valence-electron chi connectivity index (χ4n) is 4.55. The largest absolute Gasteiger partial charge is 0.494 e. The molecule has 0 bridgehead atoms. The Labute approximate surface area is 206 Å². The lowest BCUT2D eigenvalue weighted by Crippen LogP contribution is -2.48. The highest BCUT2D eigenvalue weighted by molar-refractivity contribution is 6.62. The summed E-state index contributed by atoms with van der Waals surface area (Å²) in [6, 6.07) is 13.2. The van der Waals surface area contributed by atoms with Crippen LogP contribution in [0, 0.1) is 0 Å². The molecule has 34 heavy (non-hydrogen) atoms. The van der Waals surface area contributed by atoms with Crippen LogP contribution in [0.3, 0.4) is 0 Å².